The zero-order valence-electron chi connectivity index (χ0n) is 9.57. The molecule has 2 atom stereocenters. The van der Waals surface area contributed by atoms with Gasteiger partial charge in [-0.2, -0.15) is 0 Å². The summed E-state index contributed by atoms with van der Waals surface area (Å²) in [6.07, 6.45) is 1.58. The molecule has 17 heavy (non-hydrogen) atoms. The van der Waals surface area contributed by atoms with Gasteiger partial charge >= 0.3 is 0 Å². The van der Waals surface area contributed by atoms with Gasteiger partial charge in [0.25, 0.3) is 5.91 Å². The van der Waals surface area contributed by atoms with E-state index in [0.717, 1.165) is 0 Å². The topological polar surface area (TPSA) is 46.2 Å². The number of benzene rings is 1. The SMILES string of the molecule is CC(CNC(=O)c1ccc(F)c(S)c1)S(C)=O. The Kier molecular flexibility index (Phi) is 5.14. The number of thiol groups is 1. The lowest BCUT2D eigenvalue weighted by Gasteiger charge is -2.10. The van der Waals surface area contributed by atoms with Crippen LogP contribution in [0, 0.1) is 5.82 Å². The summed E-state index contributed by atoms with van der Waals surface area (Å²) in [7, 11) is -0.981. The molecule has 1 aromatic carbocycles. The van der Waals surface area contributed by atoms with Crippen LogP contribution in [0.3, 0.4) is 0 Å². The molecule has 0 saturated carbocycles. The van der Waals surface area contributed by atoms with Crippen molar-refractivity contribution in [2.24, 2.45) is 0 Å². The van der Waals surface area contributed by atoms with Gasteiger partial charge in [-0.1, -0.05) is 0 Å². The monoisotopic (exact) mass is 275 g/mol. The number of rotatable bonds is 4. The van der Waals surface area contributed by atoms with Crippen LogP contribution >= 0.6 is 12.6 Å². The summed E-state index contributed by atoms with van der Waals surface area (Å²) in [5.74, 6) is -0.787. The Morgan fingerprint density at radius 3 is 2.76 bits per heavy atom. The average Bonchev–Trinajstić information content (AvgIpc) is 2.28. The molecule has 0 spiro atoms. The van der Waals surface area contributed by atoms with E-state index in [1.807, 2.05) is 0 Å². The summed E-state index contributed by atoms with van der Waals surface area (Å²) in [5, 5.41) is 2.52. The van der Waals surface area contributed by atoms with Crippen LogP contribution in [-0.2, 0) is 10.8 Å². The lowest BCUT2D eigenvalue weighted by atomic mass is 10.2. The number of nitrogens with one attached hydrogen (secondary N) is 1. The van der Waals surface area contributed by atoms with Gasteiger partial charge in [0.15, 0.2) is 0 Å². The Hall–Kier alpha value is -0.880. The molecular weight excluding hydrogens is 261 g/mol. The predicted molar refractivity (Wildman–Crippen MR) is 69.5 cm³/mol. The Balaban J connectivity index is 2.64. The first-order chi connectivity index (χ1) is 7.91. The van der Waals surface area contributed by atoms with Gasteiger partial charge < -0.3 is 5.32 Å². The van der Waals surface area contributed by atoms with Crippen molar-refractivity contribution >= 4 is 29.3 Å². The molecule has 0 bridgehead atoms. The third-order valence-corrected chi connectivity index (χ3v) is 3.97. The van der Waals surface area contributed by atoms with Crippen molar-refractivity contribution in [3.05, 3.63) is 29.6 Å². The minimum Gasteiger partial charge on any atom is -0.351 e. The molecule has 0 aliphatic heterocycles. The molecule has 6 heteroatoms. The third-order valence-electron chi connectivity index (χ3n) is 2.33. The van der Waals surface area contributed by atoms with E-state index < -0.39 is 16.6 Å². The summed E-state index contributed by atoms with van der Waals surface area (Å²) in [5.41, 5.74) is 0.338. The minimum absolute atomic E-state index is 0.116. The van der Waals surface area contributed by atoms with E-state index in [9.17, 15) is 13.4 Å². The molecule has 3 nitrogen and oxygen atoms in total. The van der Waals surface area contributed by atoms with E-state index in [-0.39, 0.29) is 16.1 Å². The lowest BCUT2D eigenvalue weighted by molar-refractivity contribution is 0.0954. The Labute approximate surface area is 108 Å². The van der Waals surface area contributed by atoms with Crippen molar-refractivity contribution in [3.8, 4) is 0 Å². The molecule has 0 saturated heterocycles. The van der Waals surface area contributed by atoms with Crippen molar-refractivity contribution in [1.82, 2.24) is 5.32 Å². The van der Waals surface area contributed by atoms with E-state index in [1.54, 1.807) is 13.2 Å². The smallest absolute Gasteiger partial charge is 0.251 e. The fourth-order valence-corrected chi connectivity index (χ4v) is 1.64. The van der Waals surface area contributed by atoms with Crippen molar-refractivity contribution < 1.29 is 13.4 Å². The predicted octanol–water partition coefficient (Wildman–Crippen LogP) is 1.61. The number of amides is 1. The Morgan fingerprint density at radius 2 is 2.24 bits per heavy atom. The van der Waals surface area contributed by atoms with Crippen LogP contribution in [0.2, 0.25) is 0 Å². The molecule has 1 aromatic rings. The summed E-state index contributed by atoms with van der Waals surface area (Å²) in [4.78, 5) is 11.8. The molecule has 0 aliphatic rings. The summed E-state index contributed by atoms with van der Waals surface area (Å²) >= 11 is 3.90. The zero-order valence-corrected chi connectivity index (χ0v) is 11.3. The molecule has 1 amide bonds. The van der Waals surface area contributed by atoms with Crippen molar-refractivity contribution in [2.45, 2.75) is 17.1 Å². The highest BCUT2D eigenvalue weighted by Crippen LogP contribution is 2.14. The van der Waals surface area contributed by atoms with E-state index in [4.69, 9.17) is 0 Å². The molecule has 0 radical (unpaired) electrons. The number of carbonyl (C=O) groups excluding carboxylic acids is 1. The van der Waals surface area contributed by atoms with Crippen molar-refractivity contribution in [3.63, 3.8) is 0 Å². The second-order valence-corrected chi connectivity index (χ2v) is 5.97. The quantitative estimate of drug-likeness (QED) is 0.820. The van der Waals surface area contributed by atoms with Crippen LogP contribution in [0.4, 0.5) is 4.39 Å². The molecule has 1 N–H and O–H groups in total. The lowest BCUT2D eigenvalue weighted by Crippen LogP contribution is -2.32. The summed E-state index contributed by atoms with van der Waals surface area (Å²) in [6, 6.07) is 3.94. The number of halogens is 1. The normalized spacial score (nSPS) is 14.1. The second kappa shape index (κ2) is 6.16. The standard InChI is InChI=1S/C11H14FNO2S2/c1-7(17(2)15)6-13-11(14)8-3-4-9(12)10(16)5-8/h3-5,7,16H,6H2,1-2H3,(H,13,14). The first-order valence-corrected chi connectivity index (χ1v) is 7.07. The van der Waals surface area contributed by atoms with Gasteiger partial charge in [0.05, 0.1) is 0 Å². The van der Waals surface area contributed by atoms with Crippen LogP contribution in [-0.4, -0.2) is 28.2 Å². The molecule has 0 aliphatic carbocycles. The van der Waals surface area contributed by atoms with Crippen LogP contribution < -0.4 is 5.32 Å². The average molecular weight is 275 g/mol. The highest BCUT2D eigenvalue weighted by molar-refractivity contribution is 7.84. The summed E-state index contributed by atoms with van der Waals surface area (Å²) < 4.78 is 24.0. The van der Waals surface area contributed by atoms with Gasteiger partial charge in [-0.05, 0) is 25.1 Å². The van der Waals surface area contributed by atoms with E-state index >= 15 is 0 Å². The Bertz CT molecular complexity index is 451. The molecule has 0 aromatic heterocycles. The van der Waals surface area contributed by atoms with E-state index in [1.165, 1.54) is 18.2 Å². The fourth-order valence-electron chi connectivity index (χ4n) is 1.11. The maximum Gasteiger partial charge on any atom is 0.251 e. The zero-order chi connectivity index (χ0) is 13.0. The van der Waals surface area contributed by atoms with Gasteiger partial charge in [0.1, 0.15) is 5.82 Å². The van der Waals surface area contributed by atoms with Crippen LogP contribution in [0.1, 0.15) is 17.3 Å². The molecule has 0 fully saturated rings. The summed E-state index contributed by atoms with van der Waals surface area (Å²) in [6.45, 7) is 2.10. The number of hydrogen-bond donors (Lipinski definition) is 2. The van der Waals surface area contributed by atoms with Gasteiger partial charge in [-0.15, -0.1) is 12.6 Å². The highest BCUT2D eigenvalue weighted by Gasteiger charge is 2.11. The van der Waals surface area contributed by atoms with Crippen LogP contribution in [0.5, 0.6) is 0 Å². The van der Waals surface area contributed by atoms with Crippen LogP contribution in [0.25, 0.3) is 0 Å². The van der Waals surface area contributed by atoms with Crippen molar-refractivity contribution in [1.29, 1.82) is 0 Å². The first kappa shape index (κ1) is 14.2. The second-order valence-electron chi connectivity index (χ2n) is 3.69. The van der Waals surface area contributed by atoms with Gasteiger partial charge in [0, 0.05) is 39.3 Å². The molecule has 1 rings (SSSR count). The molecule has 2 unspecified atom stereocenters. The number of hydrogen-bond acceptors (Lipinski definition) is 3. The maximum atomic E-state index is 12.9. The molecule has 0 heterocycles. The molecular formula is C11H14FNO2S2. The molecule has 94 valence electrons. The van der Waals surface area contributed by atoms with E-state index in [0.29, 0.717) is 12.1 Å². The van der Waals surface area contributed by atoms with Crippen molar-refractivity contribution in [2.75, 3.05) is 12.8 Å². The fraction of sp³-hybridized carbons (Fsp3) is 0.364. The largest absolute Gasteiger partial charge is 0.351 e. The highest BCUT2D eigenvalue weighted by atomic mass is 32.2. The Morgan fingerprint density at radius 1 is 1.59 bits per heavy atom. The van der Waals surface area contributed by atoms with Crippen LogP contribution in [0.15, 0.2) is 23.1 Å². The third kappa shape index (κ3) is 4.12. The van der Waals surface area contributed by atoms with Gasteiger partial charge in [-0.25, -0.2) is 4.39 Å². The number of carbonyl (C=O) groups is 1. The van der Waals surface area contributed by atoms with E-state index in [2.05, 4.69) is 17.9 Å². The van der Waals surface area contributed by atoms with Gasteiger partial charge in [0.2, 0.25) is 0 Å². The van der Waals surface area contributed by atoms with Gasteiger partial charge in [-0.3, -0.25) is 9.00 Å². The maximum absolute atomic E-state index is 12.9. The minimum atomic E-state index is -0.981. The first-order valence-electron chi connectivity index (χ1n) is 5.00.